The molecule has 1 N–H and O–H groups in total. The molecule has 0 spiro atoms. The Morgan fingerprint density at radius 1 is 1.43 bits per heavy atom. The molecule has 0 aliphatic carbocycles. The lowest BCUT2D eigenvalue weighted by atomic mass is 10.0. The second kappa shape index (κ2) is 5.42. The van der Waals surface area contributed by atoms with Gasteiger partial charge in [-0.25, -0.2) is 0 Å². The van der Waals surface area contributed by atoms with E-state index >= 15 is 0 Å². The summed E-state index contributed by atoms with van der Waals surface area (Å²) in [5.74, 6) is 1.48. The number of rotatable bonds is 1. The number of halogens is 1. The highest BCUT2D eigenvalue weighted by molar-refractivity contribution is 7.99. The lowest BCUT2D eigenvalue weighted by Crippen LogP contribution is -2.60. The Kier molecular flexibility index (Phi) is 3.75. The summed E-state index contributed by atoms with van der Waals surface area (Å²) in [7, 11) is 0. The number of nitrogens with one attached hydrogen (secondary N) is 1. The van der Waals surface area contributed by atoms with Gasteiger partial charge in [0.05, 0.1) is 5.69 Å². The topological polar surface area (TPSA) is 58.6 Å². The molecule has 1 aromatic rings. The molecule has 1 atom stereocenters. The van der Waals surface area contributed by atoms with Crippen molar-refractivity contribution >= 4 is 40.9 Å². The quantitative estimate of drug-likeness (QED) is 0.802. The molecule has 0 radical (unpaired) electrons. The molecule has 3 rings (SSSR count). The fourth-order valence-corrected chi connectivity index (χ4v) is 3.48. The van der Waals surface area contributed by atoms with Crippen molar-refractivity contribution in [1.82, 2.24) is 4.90 Å². The molecular weight excluding hydrogens is 312 g/mol. The van der Waals surface area contributed by atoms with Crippen molar-refractivity contribution in [2.75, 3.05) is 29.9 Å². The van der Waals surface area contributed by atoms with Gasteiger partial charge >= 0.3 is 0 Å². The fraction of sp³-hybridized carbons (Fsp3) is 0.429. The molecule has 1 aromatic carbocycles. The van der Waals surface area contributed by atoms with Crippen LogP contribution in [0.1, 0.15) is 6.92 Å². The third-order valence-corrected chi connectivity index (χ3v) is 4.82. The summed E-state index contributed by atoms with van der Waals surface area (Å²) in [5.41, 5.74) is -1.03. The highest BCUT2D eigenvalue weighted by Crippen LogP contribution is 2.36. The Hall–Kier alpha value is -1.40. The number of anilines is 1. The first-order valence-electron chi connectivity index (χ1n) is 6.68. The van der Waals surface area contributed by atoms with Gasteiger partial charge in [0.1, 0.15) is 5.75 Å². The number of thioether (sulfide) groups is 1. The van der Waals surface area contributed by atoms with E-state index in [1.165, 1.54) is 6.92 Å². The lowest BCUT2D eigenvalue weighted by Gasteiger charge is -2.38. The summed E-state index contributed by atoms with van der Waals surface area (Å²) in [6.45, 7) is 2.80. The molecule has 112 valence electrons. The Bertz CT molecular complexity index is 604. The summed E-state index contributed by atoms with van der Waals surface area (Å²) in [6.07, 6.45) is 0. The maximum Gasteiger partial charge on any atom is 0.278 e. The number of carbonyl (C=O) groups is 2. The number of carbonyl (C=O) groups excluding carboxylic acids is 2. The second-order valence-corrected chi connectivity index (χ2v) is 6.80. The van der Waals surface area contributed by atoms with Gasteiger partial charge in [-0.3, -0.25) is 9.59 Å². The summed E-state index contributed by atoms with van der Waals surface area (Å²) >= 11 is 7.70. The fourth-order valence-electron chi connectivity index (χ4n) is 2.41. The van der Waals surface area contributed by atoms with E-state index in [2.05, 4.69) is 5.32 Å². The number of benzene rings is 1. The third-order valence-electron chi connectivity index (χ3n) is 3.64. The van der Waals surface area contributed by atoms with Gasteiger partial charge in [-0.1, -0.05) is 11.6 Å². The van der Waals surface area contributed by atoms with E-state index in [0.29, 0.717) is 29.5 Å². The zero-order chi connectivity index (χ0) is 15.0. The molecule has 21 heavy (non-hydrogen) atoms. The van der Waals surface area contributed by atoms with Crippen molar-refractivity contribution in [3.8, 4) is 5.75 Å². The largest absolute Gasteiger partial charge is 0.466 e. The molecule has 1 fully saturated rings. The maximum absolute atomic E-state index is 12.7. The van der Waals surface area contributed by atoms with Gasteiger partial charge < -0.3 is 15.0 Å². The van der Waals surface area contributed by atoms with E-state index in [4.69, 9.17) is 16.3 Å². The van der Waals surface area contributed by atoms with Crippen LogP contribution in [-0.2, 0) is 9.59 Å². The van der Waals surface area contributed by atoms with Crippen molar-refractivity contribution in [3.05, 3.63) is 23.2 Å². The molecule has 1 saturated heterocycles. The standard InChI is InChI=1S/C14H15ClN2O3S/c1-14(13(19)17-4-6-21-7-5-17)12(18)16-10-8-9(15)2-3-11(10)20-14/h2-3,8H,4-7H2,1H3,(H,16,18)/t14-/m1/s1. The predicted molar refractivity (Wildman–Crippen MR) is 83.0 cm³/mol. The van der Waals surface area contributed by atoms with Crippen LogP contribution in [-0.4, -0.2) is 46.9 Å². The molecule has 0 aromatic heterocycles. The van der Waals surface area contributed by atoms with Gasteiger partial charge in [-0.15, -0.1) is 0 Å². The minimum atomic E-state index is -1.52. The number of hydrogen-bond acceptors (Lipinski definition) is 4. The van der Waals surface area contributed by atoms with Crippen molar-refractivity contribution in [3.63, 3.8) is 0 Å². The van der Waals surface area contributed by atoms with Crippen LogP contribution in [0, 0.1) is 0 Å². The molecule has 2 aliphatic heterocycles. The van der Waals surface area contributed by atoms with Crippen molar-refractivity contribution in [1.29, 1.82) is 0 Å². The lowest BCUT2D eigenvalue weighted by molar-refractivity contribution is -0.154. The van der Waals surface area contributed by atoms with Gasteiger partial charge in [-0.2, -0.15) is 11.8 Å². The summed E-state index contributed by atoms with van der Waals surface area (Å²) < 4.78 is 5.73. The second-order valence-electron chi connectivity index (χ2n) is 5.13. The predicted octanol–water partition coefficient (Wildman–Crippen LogP) is 2.00. The Morgan fingerprint density at radius 3 is 2.86 bits per heavy atom. The monoisotopic (exact) mass is 326 g/mol. The van der Waals surface area contributed by atoms with Gasteiger partial charge in [0.2, 0.25) is 0 Å². The Labute approximate surface area is 132 Å². The molecule has 7 heteroatoms. The van der Waals surface area contributed by atoms with Crippen molar-refractivity contribution in [2.45, 2.75) is 12.5 Å². The molecule has 5 nitrogen and oxygen atoms in total. The van der Waals surface area contributed by atoms with E-state index < -0.39 is 11.5 Å². The van der Waals surface area contributed by atoms with Crippen molar-refractivity contribution in [2.24, 2.45) is 0 Å². The normalized spacial score (nSPS) is 24.9. The molecule has 2 aliphatic rings. The number of ether oxygens (including phenoxy) is 1. The number of fused-ring (bicyclic) bond motifs is 1. The van der Waals surface area contributed by atoms with E-state index in [1.54, 1.807) is 34.9 Å². The van der Waals surface area contributed by atoms with Gasteiger partial charge in [0, 0.05) is 29.6 Å². The third kappa shape index (κ3) is 2.58. The van der Waals surface area contributed by atoms with E-state index in [1.807, 2.05) is 0 Å². The van der Waals surface area contributed by atoms with Gasteiger partial charge in [0.15, 0.2) is 0 Å². The smallest absolute Gasteiger partial charge is 0.278 e. The minimum absolute atomic E-state index is 0.291. The Morgan fingerprint density at radius 2 is 2.14 bits per heavy atom. The van der Waals surface area contributed by atoms with Crippen LogP contribution in [0.3, 0.4) is 0 Å². The number of nitrogens with zero attached hydrogens (tertiary/aromatic N) is 1. The highest BCUT2D eigenvalue weighted by Gasteiger charge is 2.49. The average Bonchev–Trinajstić information content (AvgIpc) is 2.49. The zero-order valence-electron chi connectivity index (χ0n) is 11.5. The average molecular weight is 327 g/mol. The first kappa shape index (κ1) is 14.5. The molecular formula is C14H15ClN2O3S. The number of amides is 2. The molecule has 0 bridgehead atoms. The van der Waals surface area contributed by atoms with Crippen LogP contribution < -0.4 is 10.1 Å². The summed E-state index contributed by atoms with van der Waals surface area (Å²) in [5, 5.41) is 3.21. The van der Waals surface area contributed by atoms with E-state index in [9.17, 15) is 9.59 Å². The van der Waals surface area contributed by atoms with Crippen LogP contribution in [0.15, 0.2) is 18.2 Å². The van der Waals surface area contributed by atoms with Crippen LogP contribution in [0.5, 0.6) is 5.75 Å². The number of hydrogen-bond donors (Lipinski definition) is 1. The van der Waals surface area contributed by atoms with E-state index in [0.717, 1.165) is 11.5 Å². The van der Waals surface area contributed by atoms with Crippen LogP contribution in [0.2, 0.25) is 5.02 Å². The van der Waals surface area contributed by atoms with Crippen LogP contribution in [0.4, 0.5) is 5.69 Å². The van der Waals surface area contributed by atoms with Crippen LogP contribution >= 0.6 is 23.4 Å². The minimum Gasteiger partial charge on any atom is -0.466 e. The van der Waals surface area contributed by atoms with E-state index in [-0.39, 0.29) is 5.91 Å². The molecule has 0 unspecified atom stereocenters. The first-order chi connectivity index (χ1) is 10.0. The van der Waals surface area contributed by atoms with Gasteiger partial charge in [-0.05, 0) is 25.1 Å². The molecule has 2 heterocycles. The summed E-state index contributed by atoms with van der Waals surface area (Å²) in [4.78, 5) is 26.7. The van der Waals surface area contributed by atoms with Crippen LogP contribution in [0.25, 0.3) is 0 Å². The van der Waals surface area contributed by atoms with Gasteiger partial charge in [0.25, 0.3) is 17.4 Å². The SMILES string of the molecule is C[C@@]1(C(=O)N2CCSCC2)Oc2ccc(Cl)cc2NC1=O. The zero-order valence-corrected chi connectivity index (χ0v) is 13.1. The molecule has 0 saturated carbocycles. The Balaban J connectivity index is 1.88. The van der Waals surface area contributed by atoms with Crippen molar-refractivity contribution < 1.29 is 14.3 Å². The maximum atomic E-state index is 12.7. The summed E-state index contributed by atoms with van der Waals surface area (Å²) in [6, 6.07) is 4.94. The molecule has 2 amide bonds. The first-order valence-corrected chi connectivity index (χ1v) is 8.21. The highest BCUT2D eigenvalue weighted by atomic mass is 35.5.